The Bertz CT molecular complexity index is 345. The Morgan fingerprint density at radius 3 is 2.29 bits per heavy atom. The maximum atomic E-state index is 12.2. The number of carbonyl (C=O) groups excluding carboxylic acids is 1. The maximum Gasteiger partial charge on any atom is 0.317 e. The first-order valence-electron chi connectivity index (χ1n) is 8.37. The Kier molecular flexibility index (Phi) is 6.49. The van der Waals surface area contributed by atoms with Gasteiger partial charge in [0.15, 0.2) is 0 Å². The van der Waals surface area contributed by atoms with E-state index in [1.165, 1.54) is 38.5 Å². The normalized spacial score (nSPS) is 21.4. The van der Waals surface area contributed by atoms with Gasteiger partial charge in [-0.3, -0.25) is 14.5 Å². The van der Waals surface area contributed by atoms with Crippen molar-refractivity contribution in [2.75, 3.05) is 32.7 Å². The third-order valence-corrected chi connectivity index (χ3v) is 4.81. The van der Waals surface area contributed by atoms with Gasteiger partial charge in [-0.1, -0.05) is 32.1 Å². The molecular weight excluding hydrogens is 268 g/mol. The zero-order chi connectivity index (χ0) is 15.1. The Morgan fingerprint density at radius 1 is 1.00 bits per heavy atom. The van der Waals surface area contributed by atoms with Gasteiger partial charge in [-0.2, -0.15) is 0 Å². The number of hydrogen-bond acceptors (Lipinski definition) is 3. The molecule has 1 N–H and O–H groups in total. The lowest BCUT2D eigenvalue weighted by Gasteiger charge is -2.34. The number of rotatable bonds is 6. The second-order valence-electron chi connectivity index (χ2n) is 6.45. The molecule has 0 bridgehead atoms. The summed E-state index contributed by atoms with van der Waals surface area (Å²) in [6, 6.07) is 0. The average molecular weight is 296 g/mol. The second-order valence-corrected chi connectivity index (χ2v) is 6.45. The number of piperazine rings is 1. The topological polar surface area (TPSA) is 60.9 Å². The summed E-state index contributed by atoms with van der Waals surface area (Å²) < 4.78 is 0. The lowest BCUT2D eigenvalue weighted by atomic mass is 9.86. The summed E-state index contributed by atoms with van der Waals surface area (Å²) in [6.45, 7) is 2.80. The van der Waals surface area contributed by atoms with Crippen LogP contribution in [0.2, 0.25) is 0 Å². The summed E-state index contributed by atoms with van der Waals surface area (Å²) in [5, 5.41) is 8.76. The molecule has 0 aromatic rings. The maximum absolute atomic E-state index is 12.2. The van der Waals surface area contributed by atoms with Crippen LogP contribution in [-0.2, 0) is 9.59 Å². The minimum Gasteiger partial charge on any atom is -0.480 e. The minimum absolute atomic E-state index is 0.0870. The second kappa shape index (κ2) is 8.37. The van der Waals surface area contributed by atoms with Crippen LogP contribution in [-0.4, -0.2) is 59.5 Å². The van der Waals surface area contributed by atoms with Gasteiger partial charge in [-0.15, -0.1) is 0 Å². The predicted molar refractivity (Wildman–Crippen MR) is 81.1 cm³/mol. The first-order chi connectivity index (χ1) is 10.1. The standard InChI is InChI=1S/C16H28N2O3/c19-15(8-4-7-14-5-2-1-3-6-14)18-11-9-17(10-12-18)13-16(20)21/h14H,1-13H2,(H,20,21). The molecule has 2 rings (SSSR count). The molecule has 0 atom stereocenters. The number of amides is 1. The largest absolute Gasteiger partial charge is 0.480 e. The van der Waals surface area contributed by atoms with Crippen LogP contribution in [0.3, 0.4) is 0 Å². The summed E-state index contributed by atoms with van der Waals surface area (Å²) in [4.78, 5) is 26.6. The van der Waals surface area contributed by atoms with Crippen LogP contribution in [0.15, 0.2) is 0 Å². The molecule has 5 nitrogen and oxygen atoms in total. The molecule has 1 amide bonds. The molecule has 0 spiro atoms. The van der Waals surface area contributed by atoms with Crippen LogP contribution in [0.5, 0.6) is 0 Å². The average Bonchev–Trinajstić information content (AvgIpc) is 2.48. The third-order valence-electron chi connectivity index (χ3n) is 4.81. The van der Waals surface area contributed by atoms with Crippen molar-refractivity contribution in [3.8, 4) is 0 Å². The number of carboxylic acid groups (broad SMARTS) is 1. The quantitative estimate of drug-likeness (QED) is 0.814. The molecule has 21 heavy (non-hydrogen) atoms. The smallest absolute Gasteiger partial charge is 0.317 e. The fraction of sp³-hybridized carbons (Fsp3) is 0.875. The van der Waals surface area contributed by atoms with E-state index in [1.54, 1.807) is 0 Å². The Morgan fingerprint density at radius 2 is 1.67 bits per heavy atom. The molecule has 2 aliphatic rings. The molecule has 1 saturated heterocycles. The molecule has 5 heteroatoms. The fourth-order valence-corrected chi connectivity index (χ4v) is 3.52. The van der Waals surface area contributed by atoms with Crippen molar-refractivity contribution in [1.29, 1.82) is 0 Å². The van der Waals surface area contributed by atoms with Crippen LogP contribution in [0.25, 0.3) is 0 Å². The van der Waals surface area contributed by atoms with Gasteiger partial charge in [-0.25, -0.2) is 0 Å². The van der Waals surface area contributed by atoms with E-state index in [4.69, 9.17) is 5.11 Å². The van der Waals surface area contributed by atoms with Crippen molar-refractivity contribution >= 4 is 11.9 Å². The number of carbonyl (C=O) groups is 2. The highest BCUT2D eigenvalue weighted by molar-refractivity contribution is 5.76. The SMILES string of the molecule is O=C(O)CN1CCN(C(=O)CCCC2CCCCC2)CC1. The van der Waals surface area contributed by atoms with Crippen molar-refractivity contribution in [3.63, 3.8) is 0 Å². The van der Waals surface area contributed by atoms with E-state index in [0.717, 1.165) is 12.3 Å². The summed E-state index contributed by atoms with van der Waals surface area (Å²) in [5.41, 5.74) is 0. The van der Waals surface area contributed by atoms with E-state index in [-0.39, 0.29) is 12.5 Å². The monoisotopic (exact) mass is 296 g/mol. The van der Waals surface area contributed by atoms with Crippen LogP contribution in [0, 0.1) is 5.92 Å². The molecule has 2 fully saturated rings. The van der Waals surface area contributed by atoms with E-state index < -0.39 is 5.97 Å². The van der Waals surface area contributed by atoms with Crippen LogP contribution in [0.1, 0.15) is 51.4 Å². The molecule has 0 aromatic heterocycles. The highest BCUT2D eigenvalue weighted by atomic mass is 16.4. The van der Waals surface area contributed by atoms with E-state index in [9.17, 15) is 9.59 Å². The van der Waals surface area contributed by atoms with Crippen LogP contribution in [0.4, 0.5) is 0 Å². The van der Waals surface area contributed by atoms with E-state index in [0.29, 0.717) is 32.6 Å². The van der Waals surface area contributed by atoms with Gasteiger partial charge in [0.25, 0.3) is 0 Å². The lowest BCUT2D eigenvalue weighted by Crippen LogP contribution is -2.49. The van der Waals surface area contributed by atoms with Gasteiger partial charge in [0.2, 0.25) is 5.91 Å². The molecule has 1 heterocycles. The number of nitrogens with zero attached hydrogens (tertiary/aromatic N) is 2. The molecular formula is C16H28N2O3. The van der Waals surface area contributed by atoms with Gasteiger partial charge >= 0.3 is 5.97 Å². The zero-order valence-electron chi connectivity index (χ0n) is 12.9. The van der Waals surface area contributed by atoms with Crippen LogP contribution >= 0.6 is 0 Å². The minimum atomic E-state index is -0.790. The Labute approximate surface area is 127 Å². The van der Waals surface area contributed by atoms with Gasteiger partial charge in [0.05, 0.1) is 6.54 Å². The van der Waals surface area contributed by atoms with Crippen molar-refractivity contribution < 1.29 is 14.7 Å². The lowest BCUT2D eigenvalue weighted by molar-refractivity contribution is -0.139. The van der Waals surface area contributed by atoms with Crippen molar-refractivity contribution in [1.82, 2.24) is 9.80 Å². The van der Waals surface area contributed by atoms with E-state index in [1.807, 2.05) is 9.80 Å². The molecule has 1 aliphatic carbocycles. The summed E-state index contributed by atoms with van der Waals surface area (Å²) in [7, 11) is 0. The number of aliphatic carboxylic acids is 1. The fourth-order valence-electron chi connectivity index (χ4n) is 3.52. The summed E-state index contributed by atoms with van der Waals surface area (Å²) in [6.07, 6.45) is 9.69. The molecule has 1 saturated carbocycles. The molecule has 120 valence electrons. The van der Waals surface area contributed by atoms with Crippen molar-refractivity contribution in [3.05, 3.63) is 0 Å². The van der Waals surface area contributed by atoms with Gasteiger partial charge in [-0.05, 0) is 18.8 Å². The molecule has 0 unspecified atom stereocenters. The summed E-state index contributed by atoms with van der Waals surface area (Å²) >= 11 is 0. The Hall–Kier alpha value is -1.10. The van der Waals surface area contributed by atoms with Crippen LogP contribution < -0.4 is 0 Å². The summed E-state index contributed by atoms with van der Waals surface area (Å²) in [5.74, 6) is 0.307. The first-order valence-corrected chi connectivity index (χ1v) is 8.37. The third kappa shape index (κ3) is 5.65. The highest BCUT2D eigenvalue weighted by Crippen LogP contribution is 2.27. The first kappa shape index (κ1) is 16.3. The number of hydrogen-bond donors (Lipinski definition) is 1. The molecule has 1 aliphatic heterocycles. The molecule has 0 aromatic carbocycles. The highest BCUT2D eigenvalue weighted by Gasteiger charge is 2.22. The number of carboxylic acids is 1. The van der Waals surface area contributed by atoms with E-state index >= 15 is 0 Å². The molecule has 0 radical (unpaired) electrons. The predicted octanol–water partition coefficient (Wildman–Crippen LogP) is 1.97. The van der Waals surface area contributed by atoms with Gasteiger partial charge in [0, 0.05) is 32.6 Å². The van der Waals surface area contributed by atoms with Crippen molar-refractivity contribution in [2.24, 2.45) is 5.92 Å². The van der Waals surface area contributed by atoms with Crippen molar-refractivity contribution in [2.45, 2.75) is 51.4 Å². The van der Waals surface area contributed by atoms with Gasteiger partial charge < -0.3 is 10.0 Å². The van der Waals surface area contributed by atoms with Gasteiger partial charge in [0.1, 0.15) is 0 Å². The Balaban J connectivity index is 1.59. The van der Waals surface area contributed by atoms with E-state index in [2.05, 4.69) is 0 Å². The zero-order valence-corrected chi connectivity index (χ0v) is 12.9.